The van der Waals surface area contributed by atoms with Crippen LogP contribution in [0.2, 0.25) is 0 Å². The number of hydrogen-bond acceptors (Lipinski definition) is 5. The second-order valence-electron chi connectivity index (χ2n) is 6.88. The van der Waals surface area contributed by atoms with E-state index in [1.54, 1.807) is 11.3 Å². The Labute approximate surface area is 135 Å². The number of aryl methyl sites for hydroxylation is 1. The van der Waals surface area contributed by atoms with Crippen LogP contribution >= 0.6 is 11.3 Å². The summed E-state index contributed by atoms with van der Waals surface area (Å²) in [7, 11) is 0. The van der Waals surface area contributed by atoms with Crippen LogP contribution in [0.1, 0.15) is 17.1 Å². The molecule has 3 aliphatic heterocycles. The molecule has 4 heterocycles. The van der Waals surface area contributed by atoms with E-state index in [0.717, 1.165) is 50.8 Å². The van der Waals surface area contributed by atoms with Crippen LogP contribution in [0, 0.1) is 24.7 Å². The lowest BCUT2D eigenvalue weighted by molar-refractivity contribution is -0.134. The molecular weight excluding hydrogens is 298 g/mol. The van der Waals surface area contributed by atoms with Gasteiger partial charge >= 0.3 is 0 Å². The highest BCUT2D eigenvalue weighted by molar-refractivity contribution is 7.09. The van der Waals surface area contributed by atoms with Crippen LogP contribution in [-0.4, -0.2) is 60.1 Å². The first-order valence-corrected chi connectivity index (χ1v) is 9.07. The SMILES string of the molecule is Cc1nc(CN2C[C@@H]3CN(C(=O)C4CCOC4)C[C@@H]3C2)cs1. The lowest BCUT2D eigenvalue weighted by Crippen LogP contribution is -2.37. The summed E-state index contributed by atoms with van der Waals surface area (Å²) in [6.45, 7) is 8.47. The highest BCUT2D eigenvalue weighted by Crippen LogP contribution is 2.33. The van der Waals surface area contributed by atoms with Crippen LogP contribution in [0.5, 0.6) is 0 Å². The van der Waals surface area contributed by atoms with E-state index in [4.69, 9.17) is 4.74 Å². The van der Waals surface area contributed by atoms with Gasteiger partial charge in [-0.1, -0.05) is 0 Å². The normalized spacial score (nSPS) is 31.9. The van der Waals surface area contributed by atoms with Gasteiger partial charge in [0, 0.05) is 44.7 Å². The third-order valence-electron chi connectivity index (χ3n) is 5.20. The van der Waals surface area contributed by atoms with Gasteiger partial charge in [-0.2, -0.15) is 0 Å². The van der Waals surface area contributed by atoms with Gasteiger partial charge in [0.2, 0.25) is 5.91 Å². The zero-order valence-corrected chi connectivity index (χ0v) is 13.8. The van der Waals surface area contributed by atoms with Gasteiger partial charge < -0.3 is 9.64 Å². The monoisotopic (exact) mass is 321 g/mol. The van der Waals surface area contributed by atoms with Crippen molar-refractivity contribution in [3.05, 3.63) is 16.1 Å². The highest BCUT2D eigenvalue weighted by Gasteiger charge is 2.43. The number of rotatable bonds is 3. The van der Waals surface area contributed by atoms with Crippen molar-refractivity contribution in [3.8, 4) is 0 Å². The maximum Gasteiger partial charge on any atom is 0.228 e. The van der Waals surface area contributed by atoms with E-state index >= 15 is 0 Å². The quantitative estimate of drug-likeness (QED) is 0.844. The van der Waals surface area contributed by atoms with Crippen molar-refractivity contribution in [2.24, 2.45) is 17.8 Å². The number of carbonyl (C=O) groups is 1. The molecule has 1 amide bonds. The summed E-state index contributed by atoms with van der Waals surface area (Å²) in [5.41, 5.74) is 1.19. The maximum absolute atomic E-state index is 12.5. The molecule has 3 fully saturated rings. The number of amides is 1. The van der Waals surface area contributed by atoms with Crippen molar-refractivity contribution >= 4 is 17.2 Å². The summed E-state index contributed by atoms with van der Waals surface area (Å²) in [5.74, 6) is 1.73. The number of aromatic nitrogens is 1. The molecule has 1 unspecified atom stereocenters. The number of hydrogen-bond donors (Lipinski definition) is 0. The van der Waals surface area contributed by atoms with Crippen LogP contribution in [0.3, 0.4) is 0 Å². The van der Waals surface area contributed by atoms with Gasteiger partial charge in [0.1, 0.15) is 0 Å². The molecule has 6 heteroatoms. The van der Waals surface area contributed by atoms with Gasteiger partial charge in [-0.05, 0) is 25.2 Å². The second-order valence-corrected chi connectivity index (χ2v) is 7.94. The average molecular weight is 321 g/mol. The predicted molar refractivity (Wildman–Crippen MR) is 84.6 cm³/mol. The minimum absolute atomic E-state index is 0.118. The van der Waals surface area contributed by atoms with Crippen LogP contribution in [0.15, 0.2) is 5.38 Å². The van der Waals surface area contributed by atoms with Gasteiger partial charge in [0.25, 0.3) is 0 Å². The summed E-state index contributed by atoms with van der Waals surface area (Å²) in [6, 6.07) is 0. The van der Waals surface area contributed by atoms with Crippen LogP contribution in [0.4, 0.5) is 0 Å². The second kappa shape index (κ2) is 5.91. The van der Waals surface area contributed by atoms with Crippen molar-refractivity contribution < 1.29 is 9.53 Å². The van der Waals surface area contributed by atoms with E-state index in [2.05, 4.69) is 27.1 Å². The largest absolute Gasteiger partial charge is 0.381 e. The van der Waals surface area contributed by atoms with E-state index in [1.165, 1.54) is 5.69 Å². The fraction of sp³-hybridized carbons (Fsp3) is 0.750. The molecule has 0 aromatic carbocycles. The van der Waals surface area contributed by atoms with Crippen molar-refractivity contribution in [1.29, 1.82) is 0 Å². The van der Waals surface area contributed by atoms with E-state index in [1.807, 2.05) is 0 Å². The molecule has 0 saturated carbocycles. The molecule has 0 aliphatic carbocycles. The topological polar surface area (TPSA) is 45.7 Å². The zero-order chi connectivity index (χ0) is 15.1. The van der Waals surface area contributed by atoms with Crippen LogP contribution in [0.25, 0.3) is 0 Å². The van der Waals surface area contributed by atoms with Gasteiger partial charge in [-0.3, -0.25) is 9.69 Å². The van der Waals surface area contributed by atoms with Gasteiger partial charge in [-0.15, -0.1) is 11.3 Å². The standard InChI is InChI=1S/C16H23N3O2S/c1-11-17-15(10-22-11)8-18-4-13-6-19(7-14(13)5-18)16(20)12-2-3-21-9-12/h10,12-14H,2-9H2,1H3/t12?,13-,14+. The minimum Gasteiger partial charge on any atom is -0.381 e. The Hall–Kier alpha value is -0.980. The Morgan fingerprint density at radius 1 is 1.36 bits per heavy atom. The molecule has 5 nitrogen and oxygen atoms in total. The number of fused-ring (bicyclic) bond motifs is 1. The average Bonchev–Trinajstić information content (AvgIpc) is 3.21. The third kappa shape index (κ3) is 2.79. The summed E-state index contributed by atoms with van der Waals surface area (Å²) in [5, 5.41) is 3.31. The molecule has 1 aromatic rings. The van der Waals surface area contributed by atoms with Crippen molar-refractivity contribution in [2.75, 3.05) is 39.4 Å². The Balaban J connectivity index is 1.31. The lowest BCUT2D eigenvalue weighted by Gasteiger charge is -2.23. The number of thiazole rings is 1. The Kier molecular flexibility index (Phi) is 3.92. The van der Waals surface area contributed by atoms with E-state index < -0.39 is 0 Å². The van der Waals surface area contributed by atoms with Crippen LogP contribution in [-0.2, 0) is 16.1 Å². The first-order chi connectivity index (χ1) is 10.7. The number of likely N-dealkylation sites (tertiary alicyclic amines) is 2. The summed E-state index contributed by atoms with van der Waals surface area (Å²) >= 11 is 1.72. The predicted octanol–water partition coefficient (Wildman–Crippen LogP) is 1.38. The Morgan fingerprint density at radius 3 is 2.73 bits per heavy atom. The summed E-state index contributed by atoms with van der Waals surface area (Å²) in [6.07, 6.45) is 0.903. The molecule has 3 aliphatic rings. The first-order valence-electron chi connectivity index (χ1n) is 8.19. The molecule has 0 spiro atoms. The fourth-order valence-corrected chi connectivity index (χ4v) is 4.70. The molecular formula is C16H23N3O2S. The fourth-order valence-electron chi connectivity index (χ4n) is 4.10. The minimum atomic E-state index is 0.118. The Bertz CT molecular complexity index is 541. The maximum atomic E-state index is 12.5. The molecule has 0 N–H and O–H groups in total. The zero-order valence-electron chi connectivity index (χ0n) is 13.0. The van der Waals surface area contributed by atoms with E-state index in [9.17, 15) is 4.79 Å². The summed E-state index contributed by atoms with van der Waals surface area (Å²) < 4.78 is 5.36. The molecule has 120 valence electrons. The summed E-state index contributed by atoms with van der Waals surface area (Å²) in [4.78, 5) is 21.6. The third-order valence-corrected chi connectivity index (χ3v) is 6.03. The molecule has 0 bridgehead atoms. The Morgan fingerprint density at radius 2 is 2.14 bits per heavy atom. The molecule has 3 saturated heterocycles. The molecule has 4 rings (SSSR count). The smallest absolute Gasteiger partial charge is 0.228 e. The lowest BCUT2D eigenvalue weighted by atomic mass is 10.0. The van der Waals surface area contributed by atoms with Crippen molar-refractivity contribution in [3.63, 3.8) is 0 Å². The number of nitrogens with zero attached hydrogens (tertiary/aromatic N) is 3. The van der Waals surface area contributed by atoms with E-state index in [0.29, 0.717) is 24.3 Å². The van der Waals surface area contributed by atoms with Crippen molar-refractivity contribution in [1.82, 2.24) is 14.8 Å². The molecule has 3 atom stereocenters. The van der Waals surface area contributed by atoms with Crippen molar-refractivity contribution in [2.45, 2.75) is 19.9 Å². The van der Waals surface area contributed by atoms with E-state index in [-0.39, 0.29) is 5.92 Å². The molecule has 0 radical (unpaired) electrons. The first kappa shape index (κ1) is 14.6. The molecule has 1 aromatic heterocycles. The molecule has 22 heavy (non-hydrogen) atoms. The highest BCUT2D eigenvalue weighted by atomic mass is 32.1. The van der Waals surface area contributed by atoms with Gasteiger partial charge in [-0.25, -0.2) is 4.98 Å². The van der Waals surface area contributed by atoms with Gasteiger partial charge in [0.15, 0.2) is 0 Å². The van der Waals surface area contributed by atoms with Gasteiger partial charge in [0.05, 0.1) is 23.2 Å². The number of carbonyl (C=O) groups excluding carboxylic acids is 1. The number of ether oxygens (including phenoxy) is 1. The van der Waals surface area contributed by atoms with Crippen LogP contribution < -0.4 is 0 Å².